The zero-order valence-corrected chi connectivity index (χ0v) is 15.8. The van der Waals surface area contributed by atoms with Gasteiger partial charge in [0, 0.05) is 11.1 Å². The van der Waals surface area contributed by atoms with Gasteiger partial charge in [-0.25, -0.2) is 0 Å². The lowest BCUT2D eigenvalue weighted by molar-refractivity contribution is 0.230. The summed E-state index contributed by atoms with van der Waals surface area (Å²) in [5.74, 6) is 2.14. The molecule has 0 unspecified atom stereocenters. The minimum Gasteiger partial charge on any atom is -0.493 e. The molecule has 7 heteroatoms. The highest BCUT2D eigenvalue weighted by molar-refractivity contribution is 5.76. The van der Waals surface area contributed by atoms with Crippen LogP contribution >= 0.6 is 0 Å². The Hall–Kier alpha value is -3.61. The molecular weight excluding hydrogens is 356 g/mol. The minimum absolute atomic E-state index is 0.0500. The van der Waals surface area contributed by atoms with E-state index in [9.17, 15) is 0 Å². The van der Waals surface area contributed by atoms with E-state index >= 15 is 0 Å². The maximum absolute atomic E-state index is 5.75. The summed E-state index contributed by atoms with van der Waals surface area (Å²) in [6, 6.07) is 15.4. The number of hydrogen-bond donors (Lipinski definition) is 1. The van der Waals surface area contributed by atoms with E-state index in [1.807, 2.05) is 62.4 Å². The van der Waals surface area contributed by atoms with Crippen LogP contribution in [-0.4, -0.2) is 33.6 Å². The highest BCUT2D eigenvalue weighted by atomic mass is 16.5. The lowest BCUT2D eigenvalue weighted by Gasteiger charge is -2.13. The number of methoxy groups -OCH3 is 1. The first kappa shape index (κ1) is 17.8. The summed E-state index contributed by atoms with van der Waals surface area (Å²) in [6.07, 6.45) is 1.73. The van der Waals surface area contributed by atoms with Gasteiger partial charge >= 0.3 is 0 Å². The van der Waals surface area contributed by atoms with Crippen LogP contribution in [0.2, 0.25) is 0 Å². The van der Waals surface area contributed by atoms with Crippen LogP contribution in [0.15, 0.2) is 59.3 Å². The molecule has 28 heavy (non-hydrogen) atoms. The van der Waals surface area contributed by atoms with Crippen molar-refractivity contribution in [2.45, 2.75) is 20.0 Å². The molecule has 4 aromatic rings. The smallest absolute Gasteiger partial charge is 0.262 e. The van der Waals surface area contributed by atoms with Crippen molar-refractivity contribution >= 4 is 0 Å². The van der Waals surface area contributed by atoms with Gasteiger partial charge in [0.05, 0.1) is 30.7 Å². The molecule has 0 fully saturated rings. The molecule has 0 spiro atoms. The van der Waals surface area contributed by atoms with Crippen molar-refractivity contribution in [3.63, 3.8) is 0 Å². The standard InChI is InChI=1S/C21H20N4O3/c1-13(2)27-17-10-9-15(11-18(17)26-3)20-23-21(28-25-20)16-12-22-24-19(16)14-7-5-4-6-8-14/h4-13H,1-3H3,(H,22,24). The number of nitrogens with zero attached hydrogens (tertiary/aromatic N) is 3. The van der Waals surface area contributed by atoms with Gasteiger partial charge in [-0.1, -0.05) is 35.5 Å². The zero-order chi connectivity index (χ0) is 19.5. The van der Waals surface area contributed by atoms with E-state index in [0.717, 1.165) is 22.4 Å². The average molecular weight is 376 g/mol. The van der Waals surface area contributed by atoms with E-state index < -0.39 is 0 Å². The molecule has 2 aromatic carbocycles. The molecule has 1 N–H and O–H groups in total. The van der Waals surface area contributed by atoms with Crippen molar-refractivity contribution in [2.24, 2.45) is 0 Å². The highest BCUT2D eigenvalue weighted by Crippen LogP contribution is 2.34. The van der Waals surface area contributed by atoms with E-state index in [1.165, 1.54) is 0 Å². The van der Waals surface area contributed by atoms with Gasteiger partial charge in [0.2, 0.25) is 5.82 Å². The molecule has 0 bridgehead atoms. The molecule has 7 nitrogen and oxygen atoms in total. The van der Waals surface area contributed by atoms with Crippen LogP contribution < -0.4 is 9.47 Å². The predicted octanol–water partition coefficient (Wildman–Crippen LogP) is 4.59. The number of ether oxygens (including phenoxy) is 2. The van der Waals surface area contributed by atoms with Gasteiger partial charge in [-0.15, -0.1) is 0 Å². The lowest BCUT2D eigenvalue weighted by Crippen LogP contribution is -2.06. The molecule has 0 radical (unpaired) electrons. The van der Waals surface area contributed by atoms with Crippen LogP contribution in [-0.2, 0) is 0 Å². The SMILES string of the molecule is COc1cc(-c2noc(-c3cn[nH]c3-c3ccccc3)n2)ccc1OC(C)C. The van der Waals surface area contributed by atoms with Gasteiger partial charge in [0.25, 0.3) is 5.89 Å². The zero-order valence-electron chi connectivity index (χ0n) is 15.8. The number of nitrogens with one attached hydrogen (secondary N) is 1. The third-order valence-corrected chi connectivity index (χ3v) is 4.14. The summed E-state index contributed by atoms with van der Waals surface area (Å²) in [7, 11) is 1.60. The molecule has 0 saturated carbocycles. The second kappa shape index (κ2) is 7.56. The van der Waals surface area contributed by atoms with Gasteiger partial charge < -0.3 is 14.0 Å². The number of hydrogen-bond acceptors (Lipinski definition) is 6. The molecule has 0 aliphatic rings. The Balaban J connectivity index is 1.67. The maximum atomic E-state index is 5.75. The van der Waals surface area contributed by atoms with Crippen molar-refractivity contribution < 1.29 is 14.0 Å². The minimum atomic E-state index is 0.0500. The Kier molecular flexibility index (Phi) is 4.80. The Bertz CT molecular complexity index is 1070. The fourth-order valence-electron chi connectivity index (χ4n) is 2.88. The predicted molar refractivity (Wildman–Crippen MR) is 105 cm³/mol. The van der Waals surface area contributed by atoms with Gasteiger partial charge in [-0.3, -0.25) is 5.10 Å². The number of benzene rings is 2. The van der Waals surface area contributed by atoms with Crippen LogP contribution in [0.4, 0.5) is 0 Å². The highest BCUT2D eigenvalue weighted by Gasteiger charge is 2.18. The summed E-state index contributed by atoms with van der Waals surface area (Å²) in [5, 5.41) is 11.3. The lowest BCUT2D eigenvalue weighted by atomic mass is 10.1. The van der Waals surface area contributed by atoms with Gasteiger partial charge in [0.1, 0.15) is 0 Å². The number of aromatic nitrogens is 4. The molecule has 142 valence electrons. The Morgan fingerprint density at radius 1 is 1.00 bits per heavy atom. The maximum Gasteiger partial charge on any atom is 0.262 e. The topological polar surface area (TPSA) is 86.1 Å². The Labute approximate surface area is 162 Å². The third-order valence-electron chi connectivity index (χ3n) is 4.14. The molecule has 0 aliphatic heterocycles. The molecule has 2 heterocycles. The molecule has 0 atom stereocenters. The third kappa shape index (κ3) is 3.46. The van der Waals surface area contributed by atoms with Gasteiger partial charge in [0.15, 0.2) is 11.5 Å². The first-order valence-electron chi connectivity index (χ1n) is 8.93. The quantitative estimate of drug-likeness (QED) is 0.530. The summed E-state index contributed by atoms with van der Waals surface area (Å²) < 4.78 is 16.7. The second-order valence-electron chi connectivity index (χ2n) is 6.48. The largest absolute Gasteiger partial charge is 0.493 e. The Morgan fingerprint density at radius 3 is 2.57 bits per heavy atom. The van der Waals surface area contributed by atoms with Crippen molar-refractivity contribution in [1.29, 1.82) is 0 Å². The van der Waals surface area contributed by atoms with Crippen molar-refractivity contribution in [1.82, 2.24) is 20.3 Å². The van der Waals surface area contributed by atoms with E-state index in [0.29, 0.717) is 23.2 Å². The van der Waals surface area contributed by atoms with Crippen molar-refractivity contribution in [3.8, 4) is 45.6 Å². The van der Waals surface area contributed by atoms with E-state index in [-0.39, 0.29) is 6.10 Å². The molecule has 0 saturated heterocycles. The fraction of sp³-hybridized carbons (Fsp3) is 0.190. The average Bonchev–Trinajstić information content (AvgIpc) is 3.38. The summed E-state index contributed by atoms with van der Waals surface area (Å²) >= 11 is 0. The summed E-state index contributed by atoms with van der Waals surface area (Å²) in [4.78, 5) is 4.54. The second-order valence-corrected chi connectivity index (χ2v) is 6.48. The van der Waals surface area contributed by atoms with Crippen LogP contribution in [0.25, 0.3) is 34.1 Å². The summed E-state index contributed by atoms with van der Waals surface area (Å²) in [5.41, 5.74) is 3.34. The van der Waals surface area contributed by atoms with E-state index in [4.69, 9.17) is 14.0 Å². The Morgan fingerprint density at radius 2 is 1.82 bits per heavy atom. The number of aromatic amines is 1. The van der Waals surface area contributed by atoms with Crippen LogP contribution in [0.1, 0.15) is 13.8 Å². The van der Waals surface area contributed by atoms with E-state index in [1.54, 1.807) is 13.3 Å². The van der Waals surface area contributed by atoms with Crippen molar-refractivity contribution in [2.75, 3.05) is 7.11 Å². The fourth-order valence-corrected chi connectivity index (χ4v) is 2.88. The van der Waals surface area contributed by atoms with Crippen LogP contribution in [0.3, 0.4) is 0 Å². The van der Waals surface area contributed by atoms with Gasteiger partial charge in [-0.2, -0.15) is 10.1 Å². The molecule has 0 amide bonds. The molecule has 4 rings (SSSR count). The summed E-state index contributed by atoms with van der Waals surface area (Å²) in [6.45, 7) is 3.93. The van der Waals surface area contributed by atoms with Gasteiger partial charge in [-0.05, 0) is 32.0 Å². The van der Waals surface area contributed by atoms with Crippen LogP contribution in [0.5, 0.6) is 11.5 Å². The monoisotopic (exact) mass is 376 g/mol. The first-order chi connectivity index (χ1) is 13.7. The number of rotatable bonds is 6. The van der Waals surface area contributed by atoms with Crippen molar-refractivity contribution in [3.05, 3.63) is 54.7 Å². The van der Waals surface area contributed by atoms with Crippen LogP contribution in [0, 0.1) is 0 Å². The molecule has 0 aliphatic carbocycles. The normalized spacial score (nSPS) is 11.0. The molecular formula is C21H20N4O3. The number of H-pyrrole nitrogens is 1. The van der Waals surface area contributed by atoms with E-state index in [2.05, 4.69) is 20.3 Å². The molecule has 2 aromatic heterocycles. The first-order valence-corrected chi connectivity index (χ1v) is 8.93.